The molecular formula is C9H9BrCl2O. The summed E-state index contributed by atoms with van der Waals surface area (Å²) in [5.41, 5.74) is 2.42. The molecule has 13 heavy (non-hydrogen) atoms. The first kappa shape index (κ1) is 11.3. The Balaban J connectivity index is 3.56. The summed E-state index contributed by atoms with van der Waals surface area (Å²) in [4.78, 5) is 0. The minimum Gasteiger partial charge on any atom is -0.392 e. The van der Waals surface area contributed by atoms with Gasteiger partial charge in [-0.1, -0.05) is 39.1 Å². The van der Waals surface area contributed by atoms with Crippen LogP contribution in [-0.2, 0) is 6.61 Å². The van der Waals surface area contributed by atoms with Gasteiger partial charge in [-0.3, -0.25) is 0 Å². The molecule has 0 unspecified atom stereocenters. The lowest BCUT2D eigenvalue weighted by Crippen LogP contribution is -1.94. The minimum absolute atomic E-state index is 0.132. The van der Waals surface area contributed by atoms with Crippen LogP contribution in [0.15, 0.2) is 4.47 Å². The van der Waals surface area contributed by atoms with Gasteiger partial charge in [-0.2, -0.15) is 0 Å². The molecule has 0 aliphatic rings. The molecule has 0 aromatic heterocycles. The summed E-state index contributed by atoms with van der Waals surface area (Å²) in [6, 6.07) is 0. The fourth-order valence-corrected chi connectivity index (χ4v) is 2.33. The molecule has 0 spiro atoms. The Hall–Kier alpha value is 0.240. The third-order valence-electron chi connectivity index (χ3n) is 2.00. The van der Waals surface area contributed by atoms with E-state index in [1.165, 1.54) is 0 Å². The zero-order chi connectivity index (χ0) is 10.2. The molecule has 0 saturated carbocycles. The van der Waals surface area contributed by atoms with E-state index >= 15 is 0 Å². The summed E-state index contributed by atoms with van der Waals surface area (Å²) in [6.45, 7) is 3.64. The minimum atomic E-state index is -0.132. The molecule has 0 amide bonds. The van der Waals surface area contributed by atoms with E-state index in [9.17, 15) is 0 Å². The lowest BCUT2D eigenvalue weighted by atomic mass is 10.1. The van der Waals surface area contributed by atoms with E-state index in [-0.39, 0.29) is 6.61 Å². The molecule has 1 rings (SSSR count). The van der Waals surface area contributed by atoms with Gasteiger partial charge < -0.3 is 5.11 Å². The fourth-order valence-electron chi connectivity index (χ4n) is 1.16. The van der Waals surface area contributed by atoms with Crippen molar-refractivity contribution < 1.29 is 5.11 Å². The van der Waals surface area contributed by atoms with Crippen LogP contribution in [0.2, 0.25) is 10.0 Å². The second kappa shape index (κ2) is 4.18. The van der Waals surface area contributed by atoms with Crippen molar-refractivity contribution in [3.8, 4) is 0 Å². The van der Waals surface area contributed by atoms with E-state index in [0.717, 1.165) is 15.6 Å². The standard InChI is InChI=1S/C9H9BrCl2O/c1-4-7(10)5(2)9(12)6(3-13)8(4)11/h13H,3H2,1-2H3. The van der Waals surface area contributed by atoms with Gasteiger partial charge in [-0.15, -0.1) is 0 Å². The Morgan fingerprint density at radius 1 is 1.15 bits per heavy atom. The van der Waals surface area contributed by atoms with Crippen LogP contribution in [-0.4, -0.2) is 5.11 Å². The van der Waals surface area contributed by atoms with Crippen LogP contribution in [0.5, 0.6) is 0 Å². The van der Waals surface area contributed by atoms with Gasteiger partial charge in [0.25, 0.3) is 0 Å². The first-order valence-electron chi connectivity index (χ1n) is 3.74. The number of hydrogen-bond donors (Lipinski definition) is 1. The molecule has 0 saturated heterocycles. The van der Waals surface area contributed by atoms with Gasteiger partial charge in [-0.25, -0.2) is 0 Å². The third kappa shape index (κ3) is 1.86. The summed E-state index contributed by atoms with van der Waals surface area (Å²) >= 11 is 15.4. The molecule has 0 aliphatic heterocycles. The molecule has 1 aromatic rings. The predicted octanol–water partition coefficient (Wildman–Crippen LogP) is 3.87. The second-order valence-electron chi connectivity index (χ2n) is 2.83. The summed E-state index contributed by atoms with van der Waals surface area (Å²) in [5.74, 6) is 0. The van der Waals surface area contributed by atoms with Gasteiger partial charge in [0.2, 0.25) is 0 Å². The summed E-state index contributed by atoms with van der Waals surface area (Å²) in [5, 5.41) is 10.1. The molecule has 0 radical (unpaired) electrons. The predicted molar refractivity (Wildman–Crippen MR) is 59.6 cm³/mol. The average molecular weight is 284 g/mol. The van der Waals surface area contributed by atoms with Gasteiger partial charge in [0.05, 0.1) is 16.7 Å². The van der Waals surface area contributed by atoms with Crippen LogP contribution < -0.4 is 0 Å². The van der Waals surface area contributed by atoms with Crippen molar-refractivity contribution in [1.29, 1.82) is 0 Å². The highest BCUT2D eigenvalue weighted by molar-refractivity contribution is 9.10. The molecule has 1 aromatic carbocycles. The zero-order valence-electron chi connectivity index (χ0n) is 7.29. The first-order chi connectivity index (χ1) is 6.00. The molecule has 0 heterocycles. The molecule has 1 nitrogen and oxygen atoms in total. The van der Waals surface area contributed by atoms with Crippen molar-refractivity contribution in [2.45, 2.75) is 20.5 Å². The number of halogens is 3. The van der Waals surface area contributed by atoms with Crippen LogP contribution in [0.25, 0.3) is 0 Å². The van der Waals surface area contributed by atoms with Gasteiger partial charge in [-0.05, 0) is 25.0 Å². The lowest BCUT2D eigenvalue weighted by Gasteiger charge is -2.12. The quantitative estimate of drug-likeness (QED) is 0.830. The van der Waals surface area contributed by atoms with Crippen LogP contribution in [0, 0.1) is 13.8 Å². The smallest absolute Gasteiger partial charge is 0.0711 e. The number of aliphatic hydroxyl groups excluding tert-OH is 1. The highest BCUT2D eigenvalue weighted by Crippen LogP contribution is 2.37. The number of rotatable bonds is 1. The van der Waals surface area contributed by atoms with Crippen LogP contribution >= 0.6 is 39.1 Å². The molecule has 0 fully saturated rings. The first-order valence-corrected chi connectivity index (χ1v) is 5.29. The maximum atomic E-state index is 9.05. The van der Waals surface area contributed by atoms with Gasteiger partial charge in [0.1, 0.15) is 0 Å². The van der Waals surface area contributed by atoms with Crippen molar-refractivity contribution in [3.63, 3.8) is 0 Å². The summed E-state index contributed by atoms with van der Waals surface area (Å²) in [6.07, 6.45) is 0. The molecule has 4 heteroatoms. The van der Waals surface area contributed by atoms with E-state index in [1.54, 1.807) is 0 Å². The molecular weight excluding hydrogens is 275 g/mol. The largest absolute Gasteiger partial charge is 0.392 e. The number of hydrogen-bond acceptors (Lipinski definition) is 1. The average Bonchev–Trinajstić information content (AvgIpc) is 2.13. The molecule has 0 aliphatic carbocycles. The van der Waals surface area contributed by atoms with E-state index in [2.05, 4.69) is 15.9 Å². The Kier molecular flexibility index (Phi) is 3.64. The summed E-state index contributed by atoms with van der Waals surface area (Å²) in [7, 11) is 0. The van der Waals surface area contributed by atoms with E-state index in [0.29, 0.717) is 15.6 Å². The van der Waals surface area contributed by atoms with Crippen LogP contribution in [0.3, 0.4) is 0 Å². The highest BCUT2D eigenvalue weighted by atomic mass is 79.9. The van der Waals surface area contributed by atoms with Crippen LogP contribution in [0.1, 0.15) is 16.7 Å². The maximum absolute atomic E-state index is 9.05. The van der Waals surface area contributed by atoms with Crippen molar-refractivity contribution in [2.75, 3.05) is 0 Å². The van der Waals surface area contributed by atoms with Gasteiger partial charge in [0.15, 0.2) is 0 Å². The number of aliphatic hydroxyl groups is 1. The second-order valence-corrected chi connectivity index (χ2v) is 4.38. The fraction of sp³-hybridized carbons (Fsp3) is 0.333. The van der Waals surface area contributed by atoms with E-state index in [1.807, 2.05) is 13.8 Å². The lowest BCUT2D eigenvalue weighted by molar-refractivity contribution is 0.282. The SMILES string of the molecule is Cc1c(Cl)c(CO)c(Cl)c(C)c1Br. The van der Waals surface area contributed by atoms with Crippen LogP contribution in [0.4, 0.5) is 0 Å². The van der Waals surface area contributed by atoms with E-state index < -0.39 is 0 Å². The Labute approximate surface area is 95.8 Å². The Morgan fingerprint density at radius 3 is 1.85 bits per heavy atom. The van der Waals surface area contributed by atoms with Crippen molar-refractivity contribution >= 4 is 39.1 Å². The normalized spacial score (nSPS) is 10.6. The third-order valence-corrected chi connectivity index (χ3v) is 4.22. The monoisotopic (exact) mass is 282 g/mol. The zero-order valence-corrected chi connectivity index (χ0v) is 10.4. The van der Waals surface area contributed by atoms with Gasteiger partial charge in [0, 0.05) is 10.0 Å². The topological polar surface area (TPSA) is 20.2 Å². The molecule has 0 bridgehead atoms. The highest BCUT2D eigenvalue weighted by Gasteiger charge is 2.14. The van der Waals surface area contributed by atoms with E-state index in [4.69, 9.17) is 28.3 Å². The number of benzene rings is 1. The Morgan fingerprint density at radius 2 is 1.54 bits per heavy atom. The van der Waals surface area contributed by atoms with Crippen molar-refractivity contribution in [2.24, 2.45) is 0 Å². The molecule has 0 atom stereocenters. The molecule has 1 N–H and O–H groups in total. The summed E-state index contributed by atoms with van der Waals surface area (Å²) < 4.78 is 0.903. The molecule has 72 valence electrons. The Bertz CT molecular complexity index is 321. The maximum Gasteiger partial charge on any atom is 0.0711 e. The van der Waals surface area contributed by atoms with Crippen molar-refractivity contribution in [3.05, 3.63) is 31.2 Å². The van der Waals surface area contributed by atoms with Gasteiger partial charge >= 0.3 is 0 Å². The van der Waals surface area contributed by atoms with Crippen molar-refractivity contribution in [1.82, 2.24) is 0 Å².